The highest BCUT2D eigenvalue weighted by atomic mass is 35.5. The van der Waals surface area contributed by atoms with Crippen molar-refractivity contribution in [1.82, 2.24) is 9.97 Å². The van der Waals surface area contributed by atoms with E-state index in [0.29, 0.717) is 22.7 Å². The molecule has 21 heavy (non-hydrogen) atoms. The average molecular weight is 324 g/mol. The molecule has 0 amide bonds. The second-order valence-corrected chi connectivity index (χ2v) is 5.57. The Morgan fingerprint density at radius 1 is 1.29 bits per heavy atom. The van der Waals surface area contributed by atoms with Gasteiger partial charge in [-0.15, -0.1) is 0 Å². The van der Waals surface area contributed by atoms with Crippen LogP contribution in [0.3, 0.4) is 0 Å². The molecule has 2 rings (SSSR count). The summed E-state index contributed by atoms with van der Waals surface area (Å²) in [6.45, 7) is 3.37. The zero-order chi connectivity index (χ0) is 15.1. The lowest BCUT2D eigenvalue weighted by molar-refractivity contribution is 0.291. The topological polar surface area (TPSA) is 47.0 Å². The Morgan fingerprint density at radius 2 is 2.10 bits per heavy atom. The molecule has 0 bridgehead atoms. The van der Waals surface area contributed by atoms with Crippen molar-refractivity contribution in [3.8, 4) is 5.88 Å². The Balaban J connectivity index is 2.09. The number of thioether (sulfide) groups is 1. The average Bonchev–Trinajstić information content (AvgIpc) is 2.52. The fraction of sp³-hybridized carbons (Fsp3) is 0.333. The minimum absolute atomic E-state index is 0.387. The first-order valence-corrected chi connectivity index (χ1v) is 8.36. The highest BCUT2D eigenvalue weighted by Crippen LogP contribution is 2.21. The second-order valence-electron chi connectivity index (χ2n) is 4.38. The lowest BCUT2D eigenvalue weighted by Crippen LogP contribution is -2.05. The van der Waals surface area contributed by atoms with Gasteiger partial charge >= 0.3 is 0 Å². The maximum atomic E-state index is 6.12. The Hall–Kier alpha value is -1.46. The highest BCUT2D eigenvalue weighted by molar-refractivity contribution is 7.98. The van der Waals surface area contributed by atoms with E-state index in [-0.39, 0.29) is 0 Å². The van der Waals surface area contributed by atoms with Crippen LogP contribution in [-0.2, 0) is 6.61 Å². The van der Waals surface area contributed by atoms with Crippen LogP contribution in [0.5, 0.6) is 5.88 Å². The summed E-state index contributed by atoms with van der Waals surface area (Å²) in [4.78, 5) is 8.75. The Labute approximate surface area is 134 Å². The monoisotopic (exact) mass is 323 g/mol. The van der Waals surface area contributed by atoms with Gasteiger partial charge in [-0.25, -0.2) is 4.98 Å². The maximum absolute atomic E-state index is 6.12. The fourth-order valence-corrected chi connectivity index (χ4v) is 2.24. The lowest BCUT2D eigenvalue weighted by Gasteiger charge is -2.10. The first-order valence-electron chi connectivity index (χ1n) is 6.76. The van der Waals surface area contributed by atoms with Crippen molar-refractivity contribution in [2.75, 3.05) is 18.1 Å². The van der Waals surface area contributed by atoms with Crippen LogP contribution in [0.2, 0.25) is 5.02 Å². The smallest absolute Gasteiger partial charge is 0.219 e. The van der Waals surface area contributed by atoms with Gasteiger partial charge in [-0.3, -0.25) is 0 Å². The summed E-state index contributed by atoms with van der Waals surface area (Å²) in [6, 6.07) is 9.44. The van der Waals surface area contributed by atoms with E-state index in [9.17, 15) is 0 Å². The van der Waals surface area contributed by atoms with Crippen LogP contribution in [0, 0.1) is 0 Å². The van der Waals surface area contributed by atoms with Crippen LogP contribution >= 0.6 is 23.4 Å². The van der Waals surface area contributed by atoms with Crippen molar-refractivity contribution in [2.24, 2.45) is 0 Å². The molecule has 0 radical (unpaired) electrons. The number of halogens is 1. The third kappa shape index (κ3) is 4.79. The molecule has 0 atom stereocenters. The highest BCUT2D eigenvalue weighted by Gasteiger charge is 2.06. The first-order chi connectivity index (χ1) is 10.2. The maximum Gasteiger partial charge on any atom is 0.219 e. The molecule has 0 aliphatic heterocycles. The Morgan fingerprint density at radius 3 is 2.81 bits per heavy atom. The number of benzene rings is 1. The third-order valence-electron chi connectivity index (χ3n) is 2.75. The molecule has 0 unspecified atom stereocenters. The summed E-state index contributed by atoms with van der Waals surface area (Å²) in [7, 11) is 0. The van der Waals surface area contributed by atoms with Gasteiger partial charge in [0.2, 0.25) is 5.88 Å². The van der Waals surface area contributed by atoms with E-state index in [2.05, 4.69) is 22.2 Å². The van der Waals surface area contributed by atoms with Gasteiger partial charge in [-0.05, 0) is 18.7 Å². The van der Waals surface area contributed by atoms with Crippen LogP contribution in [-0.4, -0.2) is 22.8 Å². The summed E-state index contributed by atoms with van der Waals surface area (Å²) < 4.78 is 5.75. The third-order valence-corrected chi connectivity index (χ3v) is 3.67. The van der Waals surface area contributed by atoms with Gasteiger partial charge in [0.05, 0.1) is 0 Å². The molecule has 0 fully saturated rings. The second kappa shape index (κ2) is 8.10. The lowest BCUT2D eigenvalue weighted by atomic mass is 10.2. The van der Waals surface area contributed by atoms with E-state index in [1.54, 1.807) is 0 Å². The number of rotatable bonds is 7. The number of nitrogens with zero attached hydrogens (tertiary/aromatic N) is 2. The molecule has 1 aromatic heterocycles. The number of hydrogen-bond acceptors (Lipinski definition) is 5. The van der Waals surface area contributed by atoms with E-state index in [1.165, 1.54) is 11.8 Å². The normalized spacial score (nSPS) is 10.4. The molecule has 2 aromatic rings. The summed E-state index contributed by atoms with van der Waals surface area (Å²) in [5.41, 5.74) is 0.937. The van der Waals surface area contributed by atoms with E-state index in [1.807, 2.05) is 36.6 Å². The molecule has 1 heterocycles. The summed E-state index contributed by atoms with van der Waals surface area (Å²) in [5, 5.41) is 4.63. The number of aromatic nitrogens is 2. The molecule has 0 saturated heterocycles. The zero-order valence-electron chi connectivity index (χ0n) is 12.1. The summed E-state index contributed by atoms with van der Waals surface area (Å²) in [5.74, 6) is 1.33. The van der Waals surface area contributed by atoms with Crippen LogP contribution < -0.4 is 10.1 Å². The van der Waals surface area contributed by atoms with Crippen molar-refractivity contribution in [3.05, 3.63) is 40.9 Å². The molecular weight excluding hydrogens is 306 g/mol. The van der Waals surface area contributed by atoms with Crippen molar-refractivity contribution >= 4 is 29.2 Å². The van der Waals surface area contributed by atoms with Crippen molar-refractivity contribution < 1.29 is 4.74 Å². The van der Waals surface area contributed by atoms with Gasteiger partial charge in [0, 0.05) is 23.2 Å². The molecule has 0 aliphatic carbocycles. The number of hydrogen-bond donors (Lipinski definition) is 1. The predicted octanol–water partition coefficient (Wildman–Crippen LogP) is 4.25. The van der Waals surface area contributed by atoms with Gasteiger partial charge in [0.1, 0.15) is 12.4 Å². The zero-order valence-corrected chi connectivity index (χ0v) is 13.7. The largest absolute Gasteiger partial charge is 0.473 e. The van der Waals surface area contributed by atoms with Gasteiger partial charge in [-0.2, -0.15) is 4.98 Å². The number of anilines is 1. The van der Waals surface area contributed by atoms with Crippen molar-refractivity contribution in [3.63, 3.8) is 0 Å². The standard InChI is InChI=1S/C15H18ClN3OS/c1-3-8-17-13-9-14(19-15(18-13)21-2)20-10-11-6-4-5-7-12(11)16/h4-7,9H,3,8,10H2,1-2H3,(H,17,18,19). The van der Waals surface area contributed by atoms with E-state index >= 15 is 0 Å². The molecule has 112 valence electrons. The first kappa shape index (κ1) is 15.9. The van der Waals surface area contributed by atoms with Crippen molar-refractivity contribution in [1.29, 1.82) is 0 Å². The molecule has 0 aliphatic rings. The molecule has 1 aromatic carbocycles. The van der Waals surface area contributed by atoms with Crippen LogP contribution in [0.4, 0.5) is 5.82 Å². The summed E-state index contributed by atoms with van der Waals surface area (Å²) >= 11 is 7.61. The number of ether oxygens (including phenoxy) is 1. The van der Waals surface area contributed by atoms with E-state index < -0.39 is 0 Å². The van der Waals surface area contributed by atoms with Gasteiger partial charge in [0.15, 0.2) is 5.16 Å². The van der Waals surface area contributed by atoms with Gasteiger partial charge in [-0.1, -0.05) is 48.5 Å². The minimum Gasteiger partial charge on any atom is -0.473 e. The molecular formula is C15H18ClN3OS. The molecule has 0 spiro atoms. The molecule has 1 N–H and O–H groups in total. The summed E-state index contributed by atoms with van der Waals surface area (Å²) in [6.07, 6.45) is 2.98. The minimum atomic E-state index is 0.387. The number of nitrogens with one attached hydrogen (secondary N) is 1. The quantitative estimate of drug-likeness (QED) is 0.609. The fourth-order valence-electron chi connectivity index (χ4n) is 1.68. The molecule has 0 saturated carbocycles. The van der Waals surface area contributed by atoms with Crippen molar-refractivity contribution in [2.45, 2.75) is 25.1 Å². The van der Waals surface area contributed by atoms with E-state index in [4.69, 9.17) is 16.3 Å². The van der Waals surface area contributed by atoms with Gasteiger partial charge < -0.3 is 10.1 Å². The van der Waals surface area contributed by atoms with Crippen LogP contribution in [0.1, 0.15) is 18.9 Å². The molecule has 6 heteroatoms. The Bertz CT molecular complexity index is 595. The van der Waals surface area contributed by atoms with Gasteiger partial charge in [0.25, 0.3) is 0 Å². The van der Waals surface area contributed by atoms with E-state index in [0.717, 1.165) is 24.3 Å². The van der Waals surface area contributed by atoms with Crippen LogP contribution in [0.25, 0.3) is 0 Å². The predicted molar refractivity (Wildman–Crippen MR) is 88.4 cm³/mol. The SMILES string of the molecule is CCCNc1cc(OCc2ccccc2Cl)nc(SC)n1. The van der Waals surface area contributed by atoms with Crippen LogP contribution in [0.15, 0.2) is 35.5 Å². The Kier molecular flexibility index (Phi) is 6.14. The molecule has 4 nitrogen and oxygen atoms in total.